The van der Waals surface area contributed by atoms with Crippen molar-refractivity contribution in [2.75, 3.05) is 12.4 Å². The molecule has 0 amide bonds. The summed E-state index contributed by atoms with van der Waals surface area (Å²) in [6.45, 7) is -0.0369. The van der Waals surface area contributed by atoms with Gasteiger partial charge in [0, 0.05) is 10.6 Å². The Hall–Kier alpha value is -1.07. The quantitative estimate of drug-likeness (QED) is 0.751. The fraction of sp³-hybridized carbons (Fsp3) is 0.222. The third kappa shape index (κ3) is 2.71. The van der Waals surface area contributed by atoms with E-state index in [1.165, 1.54) is 12.1 Å². The number of hydrogen-bond acceptors (Lipinski definition) is 3. The van der Waals surface area contributed by atoms with Crippen LogP contribution in [0.15, 0.2) is 23.1 Å². The minimum absolute atomic E-state index is 0.0369. The number of aliphatic hydroxyl groups excluding tert-OH is 1. The number of aromatic carboxylic acids is 1. The SMILES string of the molecule is O=C(O)c1ccc(SCCO)c(F)c1. The number of carbonyl (C=O) groups is 1. The van der Waals surface area contributed by atoms with Gasteiger partial charge in [-0.1, -0.05) is 0 Å². The lowest BCUT2D eigenvalue weighted by Gasteiger charge is -2.02. The van der Waals surface area contributed by atoms with E-state index in [9.17, 15) is 9.18 Å². The zero-order chi connectivity index (χ0) is 10.6. The van der Waals surface area contributed by atoms with Crippen molar-refractivity contribution in [3.63, 3.8) is 0 Å². The molecule has 1 aromatic rings. The molecule has 0 aliphatic heterocycles. The Morgan fingerprint density at radius 1 is 1.50 bits per heavy atom. The van der Waals surface area contributed by atoms with Gasteiger partial charge in [0.05, 0.1) is 12.2 Å². The minimum atomic E-state index is -1.15. The number of halogens is 1. The fourth-order valence-corrected chi connectivity index (χ4v) is 1.58. The number of carboxylic acid groups (broad SMARTS) is 1. The van der Waals surface area contributed by atoms with Crippen LogP contribution in [0.1, 0.15) is 10.4 Å². The monoisotopic (exact) mass is 216 g/mol. The molecule has 0 aliphatic carbocycles. The third-order valence-electron chi connectivity index (χ3n) is 1.53. The van der Waals surface area contributed by atoms with Crippen molar-refractivity contribution in [1.82, 2.24) is 0 Å². The number of carboxylic acids is 1. The lowest BCUT2D eigenvalue weighted by atomic mass is 10.2. The van der Waals surface area contributed by atoms with Gasteiger partial charge >= 0.3 is 5.97 Å². The second-order valence-corrected chi connectivity index (χ2v) is 3.66. The van der Waals surface area contributed by atoms with E-state index in [0.717, 1.165) is 17.8 Å². The van der Waals surface area contributed by atoms with Gasteiger partial charge in [0.1, 0.15) is 5.82 Å². The summed E-state index contributed by atoms with van der Waals surface area (Å²) in [5, 5.41) is 17.1. The van der Waals surface area contributed by atoms with E-state index in [4.69, 9.17) is 10.2 Å². The Bertz CT molecular complexity index is 341. The smallest absolute Gasteiger partial charge is 0.335 e. The van der Waals surface area contributed by atoms with Gasteiger partial charge in [0.15, 0.2) is 0 Å². The van der Waals surface area contributed by atoms with Crippen molar-refractivity contribution in [2.24, 2.45) is 0 Å². The summed E-state index contributed by atoms with van der Waals surface area (Å²) < 4.78 is 13.2. The Morgan fingerprint density at radius 3 is 2.71 bits per heavy atom. The Morgan fingerprint density at radius 2 is 2.21 bits per heavy atom. The molecule has 0 atom stereocenters. The van der Waals surface area contributed by atoms with Crippen molar-refractivity contribution in [3.8, 4) is 0 Å². The summed E-state index contributed by atoms with van der Waals surface area (Å²) in [5.41, 5.74) is -0.0733. The predicted octanol–water partition coefficient (Wildman–Crippen LogP) is 1.61. The van der Waals surface area contributed by atoms with Gasteiger partial charge in [-0.25, -0.2) is 9.18 Å². The highest BCUT2D eigenvalue weighted by Gasteiger charge is 2.07. The first-order valence-electron chi connectivity index (χ1n) is 3.91. The molecule has 2 N–H and O–H groups in total. The van der Waals surface area contributed by atoms with Gasteiger partial charge in [-0.05, 0) is 18.2 Å². The van der Waals surface area contributed by atoms with E-state index in [1.807, 2.05) is 0 Å². The van der Waals surface area contributed by atoms with E-state index in [-0.39, 0.29) is 12.2 Å². The van der Waals surface area contributed by atoms with Crippen molar-refractivity contribution >= 4 is 17.7 Å². The van der Waals surface area contributed by atoms with Crippen molar-refractivity contribution < 1.29 is 19.4 Å². The van der Waals surface area contributed by atoms with Crippen LogP contribution in [0.25, 0.3) is 0 Å². The number of thioether (sulfide) groups is 1. The minimum Gasteiger partial charge on any atom is -0.478 e. The molecule has 0 radical (unpaired) electrons. The van der Waals surface area contributed by atoms with Crippen LogP contribution < -0.4 is 0 Å². The fourth-order valence-electron chi connectivity index (χ4n) is 0.907. The Labute approximate surface area is 84.6 Å². The van der Waals surface area contributed by atoms with Crippen LogP contribution in [-0.4, -0.2) is 28.5 Å². The molecule has 14 heavy (non-hydrogen) atoms. The average Bonchev–Trinajstić information content (AvgIpc) is 2.15. The predicted molar refractivity (Wildman–Crippen MR) is 51.2 cm³/mol. The number of benzene rings is 1. The lowest BCUT2D eigenvalue weighted by molar-refractivity contribution is 0.0696. The molecule has 0 spiro atoms. The largest absolute Gasteiger partial charge is 0.478 e. The summed E-state index contributed by atoms with van der Waals surface area (Å²) in [5.74, 6) is -1.32. The highest BCUT2D eigenvalue weighted by Crippen LogP contribution is 2.22. The molecular weight excluding hydrogens is 207 g/mol. The van der Waals surface area contributed by atoms with Gasteiger partial charge in [0.2, 0.25) is 0 Å². The second-order valence-electron chi connectivity index (χ2n) is 2.52. The van der Waals surface area contributed by atoms with Crippen LogP contribution in [0, 0.1) is 5.82 Å². The Kier molecular flexibility index (Phi) is 3.91. The molecule has 0 aromatic heterocycles. The first kappa shape index (κ1) is 11.0. The first-order chi connectivity index (χ1) is 6.65. The standard InChI is InChI=1S/C9H9FO3S/c10-7-5-6(9(12)13)1-2-8(7)14-4-3-11/h1-2,5,11H,3-4H2,(H,12,13). The van der Waals surface area contributed by atoms with E-state index < -0.39 is 11.8 Å². The summed E-state index contributed by atoms with van der Waals surface area (Å²) >= 11 is 1.15. The van der Waals surface area contributed by atoms with Gasteiger partial charge < -0.3 is 10.2 Å². The summed E-state index contributed by atoms with van der Waals surface area (Å²) in [7, 11) is 0. The molecule has 0 unspecified atom stereocenters. The summed E-state index contributed by atoms with van der Waals surface area (Å²) in [6, 6.07) is 3.71. The number of hydrogen-bond donors (Lipinski definition) is 2. The highest BCUT2D eigenvalue weighted by atomic mass is 32.2. The molecule has 0 saturated carbocycles. The molecular formula is C9H9FO3S. The van der Waals surface area contributed by atoms with Crippen molar-refractivity contribution in [3.05, 3.63) is 29.6 Å². The molecule has 0 aliphatic rings. The lowest BCUT2D eigenvalue weighted by Crippen LogP contribution is -1.97. The molecule has 3 nitrogen and oxygen atoms in total. The third-order valence-corrected chi connectivity index (χ3v) is 2.56. The van der Waals surface area contributed by atoms with Crippen LogP contribution in [0.5, 0.6) is 0 Å². The van der Waals surface area contributed by atoms with Gasteiger partial charge in [0.25, 0.3) is 0 Å². The molecule has 1 aromatic carbocycles. The maximum Gasteiger partial charge on any atom is 0.335 e. The molecule has 0 heterocycles. The molecule has 5 heteroatoms. The van der Waals surface area contributed by atoms with Crippen LogP contribution in [0.3, 0.4) is 0 Å². The molecule has 0 saturated heterocycles. The van der Waals surface area contributed by atoms with Crippen LogP contribution in [0.4, 0.5) is 4.39 Å². The second kappa shape index (κ2) is 4.97. The zero-order valence-corrected chi connectivity index (χ0v) is 8.05. The Balaban J connectivity index is 2.84. The van der Waals surface area contributed by atoms with Crippen LogP contribution in [-0.2, 0) is 0 Å². The van der Waals surface area contributed by atoms with E-state index in [2.05, 4.69) is 0 Å². The van der Waals surface area contributed by atoms with Gasteiger partial charge in [-0.3, -0.25) is 0 Å². The van der Waals surface area contributed by atoms with Crippen molar-refractivity contribution in [2.45, 2.75) is 4.90 Å². The molecule has 0 bridgehead atoms. The summed E-state index contributed by atoms with van der Waals surface area (Å²) in [4.78, 5) is 10.8. The zero-order valence-electron chi connectivity index (χ0n) is 7.24. The van der Waals surface area contributed by atoms with Gasteiger partial charge in [-0.15, -0.1) is 11.8 Å². The van der Waals surface area contributed by atoms with Gasteiger partial charge in [-0.2, -0.15) is 0 Å². The number of rotatable bonds is 4. The average molecular weight is 216 g/mol. The molecule has 0 fully saturated rings. The van der Waals surface area contributed by atoms with Crippen LogP contribution >= 0.6 is 11.8 Å². The highest BCUT2D eigenvalue weighted by molar-refractivity contribution is 7.99. The maximum absolute atomic E-state index is 13.2. The van der Waals surface area contributed by atoms with Crippen LogP contribution in [0.2, 0.25) is 0 Å². The number of aliphatic hydroxyl groups is 1. The first-order valence-corrected chi connectivity index (χ1v) is 4.90. The van der Waals surface area contributed by atoms with Crippen molar-refractivity contribution in [1.29, 1.82) is 0 Å². The van der Waals surface area contributed by atoms with E-state index >= 15 is 0 Å². The normalized spacial score (nSPS) is 10.1. The maximum atomic E-state index is 13.2. The molecule has 1 rings (SSSR count). The van der Waals surface area contributed by atoms with E-state index in [1.54, 1.807) is 0 Å². The molecule has 76 valence electrons. The summed E-state index contributed by atoms with van der Waals surface area (Å²) in [6.07, 6.45) is 0. The van der Waals surface area contributed by atoms with E-state index in [0.29, 0.717) is 10.6 Å². The topological polar surface area (TPSA) is 57.5 Å².